The van der Waals surface area contributed by atoms with Crippen molar-refractivity contribution < 1.29 is 4.74 Å². The summed E-state index contributed by atoms with van der Waals surface area (Å²) in [6.07, 6.45) is 12.3. The molecule has 7 heteroatoms. The fourth-order valence-electron chi connectivity index (χ4n) is 5.06. The molecule has 0 unspecified atom stereocenters. The molecule has 1 saturated heterocycles. The summed E-state index contributed by atoms with van der Waals surface area (Å²) in [6, 6.07) is 0. The molecule has 2 aliphatic heterocycles. The Morgan fingerprint density at radius 3 is 2.63 bits per heavy atom. The summed E-state index contributed by atoms with van der Waals surface area (Å²) in [5.74, 6) is 1.37. The number of hydrogen-bond donors (Lipinski definition) is 0. The average Bonchev–Trinajstić information content (AvgIpc) is 3.13. The third-order valence-corrected chi connectivity index (χ3v) is 7.87. The number of aromatic nitrogens is 2. The number of ether oxygens (including phenoxy) is 1. The zero-order valence-electron chi connectivity index (χ0n) is 18.2. The molecule has 0 amide bonds. The molecule has 3 aliphatic rings. The van der Waals surface area contributed by atoms with Crippen LogP contribution < -0.4 is 5.43 Å². The Bertz CT molecular complexity index is 1010. The molecule has 1 saturated carbocycles. The van der Waals surface area contributed by atoms with E-state index in [0.29, 0.717) is 24.5 Å². The van der Waals surface area contributed by atoms with Crippen molar-refractivity contribution in [2.45, 2.75) is 89.8 Å². The minimum atomic E-state index is -0.305. The smallest absolute Gasteiger partial charge is 0.211 e. The van der Waals surface area contributed by atoms with E-state index in [2.05, 4.69) is 18.7 Å². The Morgan fingerprint density at radius 1 is 1.13 bits per heavy atom. The Kier molecular flexibility index (Phi) is 5.44. The van der Waals surface area contributed by atoms with Crippen molar-refractivity contribution >= 4 is 28.0 Å². The largest absolute Gasteiger partial charge is 0.370 e. The number of fused-ring (bicyclic) bond motifs is 2. The van der Waals surface area contributed by atoms with Crippen molar-refractivity contribution in [1.82, 2.24) is 14.6 Å². The predicted octanol–water partition coefficient (Wildman–Crippen LogP) is 4.63. The molecule has 2 aromatic rings. The van der Waals surface area contributed by atoms with Crippen LogP contribution in [0.4, 0.5) is 0 Å². The van der Waals surface area contributed by atoms with Crippen LogP contribution in [-0.4, -0.2) is 39.6 Å². The molecule has 5 rings (SSSR count). The van der Waals surface area contributed by atoms with Crippen molar-refractivity contribution in [2.24, 2.45) is 5.10 Å². The van der Waals surface area contributed by atoms with Gasteiger partial charge in [0.1, 0.15) is 17.0 Å². The maximum absolute atomic E-state index is 13.6. The minimum absolute atomic E-state index is 0.0977. The van der Waals surface area contributed by atoms with Gasteiger partial charge in [-0.3, -0.25) is 4.79 Å². The standard InChI is InChI=1S/C23H32N4O2S/c1-23(2)13-17-18(14-29-23)30-22-19(20(17)28)27(24-15-26-11-7-4-8-12-26)21(25-22)16-9-5-3-6-10-16/h15-16H,3-14H2,1-2H3. The van der Waals surface area contributed by atoms with Gasteiger partial charge in [-0.15, -0.1) is 11.3 Å². The van der Waals surface area contributed by atoms with E-state index in [0.717, 1.165) is 47.0 Å². The second-order valence-corrected chi connectivity index (χ2v) is 10.7. The zero-order valence-corrected chi connectivity index (χ0v) is 19.0. The van der Waals surface area contributed by atoms with Crippen LogP contribution in [0.2, 0.25) is 0 Å². The second-order valence-electron chi connectivity index (χ2n) is 9.66. The molecule has 30 heavy (non-hydrogen) atoms. The van der Waals surface area contributed by atoms with E-state index < -0.39 is 0 Å². The van der Waals surface area contributed by atoms with Gasteiger partial charge in [-0.1, -0.05) is 19.3 Å². The van der Waals surface area contributed by atoms with Crippen LogP contribution in [0.3, 0.4) is 0 Å². The van der Waals surface area contributed by atoms with Gasteiger partial charge in [0.2, 0.25) is 5.43 Å². The molecular formula is C23H32N4O2S. The van der Waals surface area contributed by atoms with Crippen molar-refractivity contribution in [3.8, 4) is 0 Å². The topological polar surface area (TPSA) is 59.7 Å². The molecule has 2 aromatic heterocycles. The van der Waals surface area contributed by atoms with E-state index in [1.165, 1.54) is 38.5 Å². The molecule has 1 aliphatic carbocycles. The lowest BCUT2D eigenvalue weighted by atomic mass is 9.89. The highest BCUT2D eigenvalue weighted by Gasteiger charge is 2.32. The van der Waals surface area contributed by atoms with E-state index in [-0.39, 0.29) is 11.0 Å². The van der Waals surface area contributed by atoms with Gasteiger partial charge in [-0.2, -0.15) is 5.10 Å². The van der Waals surface area contributed by atoms with Gasteiger partial charge in [-0.25, -0.2) is 9.66 Å². The molecule has 0 aromatic carbocycles. The van der Waals surface area contributed by atoms with Crippen molar-refractivity contribution in [3.05, 3.63) is 26.5 Å². The van der Waals surface area contributed by atoms with E-state index in [9.17, 15) is 4.79 Å². The Hall–Kier alpha value is -1.73. The van der Waals surface area contributed by atoms with Crippen molar-refractivity contribution in [3.63, 3.8) is 0 Å². The number of piperidine rings is 1. The van der Waals surface area contributed by atoms with Crippen LogP contribution in [0.1, 0.15) is 87.4 Å². The third kappa shape index (κ3) is 3.82. The highest BCUT2D eigenvalue weighted by Crippen LogP contribution is 2.36. The average molecular weight is 429 g/mol. The number of imidazole rings is 1. The quantitative estimate of drug-likeness (QED) is 0.528. The fraction of sp³-hybridized carbons (Fsp3) is 0.696. The zero-order chi connectivity index (χ0) is 20.7. The van der Waals surface area contributed by atoms with Gasteiger partial charge in [-0.05, 0) is 46.0 Å². The van der Waals surface area contributed by atoms with Crippen LogP contribution >= 0.6 is 11.3 Å². The molecule has 2 fully saturated rings. The molecule has 162 valence electrons. The highest BCUT2D eigenvalue weighted by atomic mass is 32.1. The molecule has 4 heterocycles. The van der Waals surface area contributed by atoms with Crippen molar-refractivity contribution in [2.75, 3.05) is 13.1 Å². The first kappa shape index (κ1) is 20.2. The maximum Gasteiger partial charge on any atom is 0.211 e. The maximum atomic E-state index is 13.6. The molecule has 0 bridgehead atoms. The summed E-state index contributed by atoms with van der Waals surface area (Å²) in [7, 11) is 0. The monoisotopic (exact) mass is 428 g/mol. The number of rotatable bonds is 3. The first-order valence-corrected chi connectivity index (χ1v) is 12.3. The van der Waals surface area contributed by atoms with E-state index in [1.807, 2.05) is 11.0 Å². The van der Waals surface area contributed by atoms with Crippen LogP contribution in [0.5, 0.6) is 0 Å². The minimum Gasteiger partial charge on any atom is -0.370 e. The first-order valence-electron chi connectivity index (χ1n) is 11.5. The van der Waals surface area contributed by atoms with Gasteiger partial charge in [0, 0.05) is 35.9 Å². The van der Waals surface area contributed by atoms with E-state index in [1.54, 1.807) is 11.3 Å². The van der Waals surface area contributed by atoms with Crippen LogP contribution in [0, 0.1) is 0 Å². The number of nitrogens with zero attached hydrogens (tertiary/aromatic N) is 4. The molecule has 6 nitrogen and oxygen atoms in total. The van der Waals surface area contributed by atoms with Crippen molar-refractivity contribution in [1.29, 1.82) is 0 Å². The van der Waals surface area contributed by atoms with Crippen LogP contribution in [0.15, 0.2) is 9.90 Å². The van der Waals surface area contributed by atoms with Crippen LogP contribution in [0.25, 0.3) is 10.3 Å². The van der Waals surface area contributed by atoms with Crippen LogP contribution in [-0.2, 0) is 17.8 Å². The van der Waals surface area contributed by atoms with Gasteiger partial charge >= 0.3 is 0 Å². The molecule has 0 N–H and O–H groups in total. The molecular weight excluding hydrogens is 396 g/mol. The summed E-state index contributed by atoms with van der Waals surface area (Å²) in [4.78, 5) is 22.8. The molecule has 0 radical (unpaired) electrons. The van der Waals surface area contributed by atoms with Gasteiger partial charge in [0.25, 0.3) is 0 Å². The summed E-state index contributed by atoms with van der Waals surface area (Å²) < 4.78 is 7.88. The summed E-state index contributed by atoms with van der Waals surface area (Å²) in [5, 5.41) is 4.87. The Morgan fingerprint density at radius 2 is 1.87 bits per heavy atom. The lowest BCUT2D eigenvalue weighted by Crippen LogP contribution is -2.35. The normalized spacial score (nSPS) is 22.7. The van der Waals surface area contributed by atoms with Gasteiger partial charge in [0.05, 0.1) is 12.2 Å². The van der Waals surface area contributed by atoms with Gasteiger partial charge < -0.3 is 9.64 Å². The summed E-state index contributed by atoms with van der Waals surface area (Å²) in [6.45, 7) is 6.71. The molecule has 0 atom stereocenters. The lowest BCUT2D eigenvalue weighted by Gasteiger charge is -2.30. The predicted molar refractivity (Wildman–Crippen MR) is 122 cm³/mol. The summed E-state index contributed by atoms with van der Waals surface area (Å²) >= 11 is 1.62. The first-order chi connectivity index (χ1) is 14.5. The van der Waals surface area contributed by atoms with E-state index in [4.69, 9.17) is 14.8 Å². The number of hydrogen-bond acceptors (Lipinski definition) is 5. The third-order valence-electron chi connectivity index (χ3n) is 6.78. The Balaban J connectivity index is 1.63. The highest BCUT2D eigenvalue weighted by molar-refractivity contribution is 7.18. The fourth-order valence-corrected chi connectivity index (χ4v) is 6.11. The summed E-state index contributed by atoms with van der Waals surface area (Å²) in [5.41, 5.74) is 1.36. The Labute approximate surface area is 181 Å². The number of likely N-dealkylation sites (tertiary alicyclic amines) is 1. The van der Waals surface area contributed by atoms with E-state index >= 15 is 0 Å². The second kappa shape index (κ2) is 8.08. The lowest BCUT2D eigenvalue weighted by molar-refractivity contribution is -0.0386. The van der Waals surface area contributed by atoms with Gasteiger partial charge in [0.15, 0.2) is 5.52 Å². The molecule has 0 spiro atoms. The SMILES string of the molecule is CC1(C)Cc2c(sc3nc(C4CCCCC4)n(N=CN4CCCCC4)c3c2=O)CO1.